The van der Waals surface area contributed by atoms with Crippen molar-refractivity contribution in [1.29, 1.82) is 0 Å². The van der Waals surface area contributed by atoms with Crippen LogP contribution in [0.2, 0.25) is 0 Å². The second-order valence-electron chi connectivity index (χ2n) is 1.34. The van der Waals surface area contributed by atoms with Gasteiger partial charge in [0.2, 0.25) is 0 Å². The molecule has 0 aliphatic heterocycles. The van der Waals surface area contributed by atoms with Crippen molar-refractivity contribution >= 4 is 9.39 Å². The molecule has 1 nitrogen and oxygen atoms in total. The molecule has 0 bridgehead atoms. The van der Waals surface area contributed by atoms with Crippen LogP contribution in [-0.2, 0) is 0 Å². The summed E-state index contributed by atoms with van der Waals surface area (Å²) in [5.41, 5.74) is 0. The van der Waals surface area contributed by atoms with E-state index < -0.39 is 0 Å². The van der Waals surface area contributed by atoms with E-state index in [9.17, 15) is 0 Å². The van der Waals surface area contributed by atoms with Crippen LogP contribution in [0.25, 0.3) is 0 Å². The van der Waals surface area contributed by atoms with Crippen molar-refractivity contribution in [3.8, 4) is 0 Å². The van der Waals surface area contributed by atoms with Crippen molar-refractivity contribution in [2.45, 2.75) is 0 Å². The summed E-state index contributed by atoms with van der Waals surface area (Å²) < 4.78 is 2.14. The average molecular weight is 79.1 g/mol. The Morgan fingerprint density at radius 2 is 1.50 bits per heavy atom. The normalized spacial score (nSPS) is 9.25. The fraction of sp³-hybridized carbons (Fsp3) is 1.00. The minimum atomic E-state index is 1.18. The maximum atomic E-state index is 2.14. The van der Waals surface area contributed by atoms with Crippen LogP contribution in [-0.4, -0.2) is 18.8 Å². The van der Waals surface area contributed by atoms with Crippen molar-refractivity contribution < 1.29 is 0 Å². The van der Waals surface area contributed by atoms with Gasteiger partial charge in [0.1, 0.15) is 0 Å². The number of nitrogens with zero attached hydrogens (tertiary/aromatic N) is 1. The molecule has 0 saturated carbocycles. The zero-order chi connectivity index (χ0) is 3.58. The molecule has 0 aromatic heterocycles. The van der Waals surface area contributed by atoms with Crippen molar-refractivity contribution in [3.05, 3.63) is 0 Å². The first-order chi connectivity index (χ1) is 1.73. The molecule has 0 aliphatic carbocycles. The van der Waals surface area contributed by atoms with Gasteiger partial charge in [-0.15, -0.1) is 0 Å². The zero-order valence-corrected chi connectivity index (χ0v) is 5.45. The zero-order valence-electron chi connectivity index (χ0n) is 3.45. The Hall–Kier alpha value is 0.390. The molecule has 28 valence electrons. The summed E-state index contributed by atoms with van der Waals surface area (Å²) in [5.74, 6) is 0. The third-order valence-electron chi connectivity index (χ3n) is 0. The minimum absolute atomic E-state index is 1.18. The molecule has 0 spiro atoms. The Labute approximate surface area is 29.3 Å². The molecular weight excluding hydrogens is 69.0 g/mol. The fourth-order valence-electron chi connectivity index (χ4n) is 0. The molecule has 0 saturated heterocycles. The monoisotopic (exact) mass is 79.1 g/mol. The van der Waals surface area contributed by atoms with E-state index in [0.29, 0.717) is 0 Å². The van der Waals surface area contributed by atoms with Crippen molar-refractivity contribution in [1.82, 2.24) is 4.67 Å². The van der Waals surface area contributed by atoms with E-state index in [0.717, 1.165) is 0 Å². The van der Waals surface area contributed by atoms with Gasteiger partial charge < -0.3 is 0 Å². The van der Waals surface area contributed by atoms with Crippen LogP contribution in [0.3, 0.4) is 0 Å². The Bertz CT molecular complexity index is 10.8. The van der Waals surface area contributed by atoms with Crippen LogP contribution in [0.1, 0.15) is 0 Å². The van der Waals surface area contributed by atoms with Gasteiger partial charge in [0, 0.05) is 0 Å². The molecule has 0 aromatic rings. The van der Waals surface area contributed by atoms with Gasteiger partial charge >= 0.3 is 28.2 Å². The molecule has 2 heteroatoms. The third kappa shape index (κ3) is 30.4. The fourth-order valence-corrected chi connectivity index (χ4v) is 0. The molecule has 0 heterocycles. The Balaban J connectivity index is 2.32. The van der Waals surface area contributed by atoms with Gasteiger partial charge in [-0.05, 0) is 0 Å². The van der Waals surface area contributed by atoms with Gasteiger partial charge in [0.05, 0.1) is 0 Å². The Kier molecular flexibility index (Phi) is 1.85. The molecule has 0 N–H and O–H groups in total. The van der Waals surface area contributed by atoms with Gasteiger partial charge in [0.15, 0.2) is 0 Å². The molecule has 4 heavy (non-hydrogen) atoms. The van der Waals surface area contributed by atoms with Crippen molar-refractivity contribution in [2.75, 3.05) is 14.1 Å². The molecular formula is C2H10NP. The average Bonchev–Trinajstić information content (AvgIpc) is 0.811. The summed E-state index contributed by atoms with van der Waals surface area (Å²) in [4.78, 5) is 0. The van der Waals surface area contributed by atoms with Crippen LogP contribution < -0.4 is 0 Å². The van der Waals surface area contributed by atoms with Crippen LogP contribution in [0, 0.1) is 0 Å². The van der Waals surface area contributed by atoms with Gasteiger partial charge in [0.25, 0.3) is 0 Å². The van der Waals surface area contributed by atoms with Crippen LogP contribution in [0.5, 0.6) is 0 Å². The van der Waals surface area contributed by atoms with E-state index in [-0.39, 0.29) is 0 Å². The summed E-state index contributed by atoms with van der Waals surface area (Å²) in [6.45, 7) is 0. The van der Waals surface area contributed by atoms with E-state index in [2.05, 4.69) is 18.8 Å². The van der Waals surface area contributed by atoms with E-state index in [1.54, 1.807) is 0 Å². The summed E-state index contributed by atoms with van der Waals surface area (Å²) in [7, 11) is 5.31. The predicted octanol–water partition coefficient (Wildman–Crippen LogP) is -0.197. The van der Waals surface area contributed by atoms with Gasteiger partial charge in [-0.2, -0.15) is 0 Å². The number of rotatable bonds is 0. The van der Waals surface area contributed by atoms with Gasteiger partial charge in [-0.1, -0.05) is 0 Å². The van der Waals surface area contributed by atoms with Crippen LogP contribution in [0.15, 0.2) is 0 Å². The second-order valence-corrected chi connectivity index (χ2v) is 3.13. The molecule has 0 unspecified atom stereocenters. The van der Waals surface area contributed by atoms with Crippen molar-refractivity contribution in [2.24, 2.45) is 0 Å². The quantitative estimate of drug-likeness (QED) is 0.363. The van der Waals surface area contributed by atoms with E-state index in [1.807, 2.05) is 0 Å². The number of hydrogen-bond acceptors (Lipinski definition) is 1. The first-order valence-corrected chi connectivity index (χ1v) is 2.24. The summed E-state index contributed by atoms with van der Waals surface area (Å²) in [6, 6.07) is 0. The predicted molar refractivity (Wildman–Crippen MR) is 26.2 cm³/mol. The summed E-state index contributed by atoms with van der Waals surface area (Å²) in [6.07, 6.45) is 0. The van der Waals surface area contributed by atoms with Crippen LogP contribution in [0.4, 0.5) is 0 Å². The first kappa shape index (κ1) is 4.39. The van der Waals surface area contributed by atoms with Crippen LogP contribution >= 0.6 is 9.39 Å². The topological polar surface area (TPSA) is 3.24 Å². The molecule has 0 radical (unpaired) electrons. The Morgan fingerprint density at radius 3 is 1.50 bits per heavy atom. The van der Waals surface area contributed by atoms with E-state index in [4.69, 9.17) is 0 Å². The molecule has 0 atom stereocenters. The van der Waals surface area contributed by atoms with E-state index >= 15 is 0 Å². The SMILES string of the molecule is CN(C)[PH4]. The molecule has 0 fully saturated rings. The second kappa shape index (κ2) is 1.68. The number of hydrogen-bond donors (Lipinski definition) is 0. The Morgan fingerprint density at radius 1 is 1.50 bits per heavy atom. The first-order valence-electron chi connectivity index (χ1n) is 1.34. The van der Waals surface area contributed by atoms with Gasteiger partial charge in [-0.25, -0.2) is 0 Å². The molecule has 0 aromatic carbocycles. The standard InChI is InChI=1S/C2H10NP/c1-3(2)4/h1-2H3,4H4. The summed E-state index contributed by atoms with van der Waals surface area (Å²) in [5, 5.41) is 0. The van der Waals surface area contributed by atoms with E-state index in [1.165, 1.54) is 9.39 Å². The molecule has 0 amide bonds. The summed E-state index contributed by atoms with van der Waals surface area (Å²) >= 11 is 0. The third-order valence-corrected chi connectivity index (χ3v) is 0. The maximum absolute atomic E-state index is 2.14. The van der Waals surface area contributed by atoms with Gasteiger partial charge in [-0.3, -0.25) is 0 Å². The molecule has 0 aliphatic rings. The van der Waals surface area contributed by atoms with Crippen molar-refractivity contribution in [3.63, 3.8) is 0 Å². The molecule has 0 rings (SSSR count).